The molecule has 12 nitrogen and oxygen atoms in total. The van der Waals surface area contributed by atoms with Gasteiger partial charge in [-0.1, -0.05) is 104 Å². The van der Waals surface area contributed by atoms with Gasteiger partial charge in [-0.05, 0) is 177 Å². The average molecular weight is 1080 g/mol. The van der Waals surface area contributed by atoms with Gasteiger partial charge in [0.05, 0.1) is 61.9 Å². The van der Waals surface area contributed by atoms with Crippen LogP contribution in [0.25, 0.3) is 0 Å². The van der Waals surface area contributed by atoms with E-state index in [9.17, 15) is 0 Å². The van der Waals surface area contributed by atoms with Gasteiger partial charge < -0.3 is 18.9 Å². The lowest BCUT2D eigenvalue weighted by Gasteiger charge is -2.42. The smallest absolute Gasteiger partial charge is 0.0875 e. The van der Waals surface area contributed by atoms with E-state index in [4.69, 9.17) is 29.1 Å². The molecule has 0 amide bonds. The Morgan fingerprint density at radius 3 is 1.03 bits per heavy atom. The minimum atomic E-state index is -0.0356. The molecule has 1 saturated heterocycles. The van der Waals surface area contributed by atoms with Crippen LogP contribution in [0.4, 0.5) is 0 Å². The first kappa shape index (κ1) is 62.1. The number of rotatable bonds is 16. The second kappa shape index (κ2) is 29.5. The summed E-state index contributed by atoms with van der Waals surface area (Å²) in [6, 6.07) is 24.0. The van der Waals surface area contributed by atoms with Crippen LogP contribution in [0.3, 0.4) is 0 Å². The zero-order chi connectivity index (χ0) is 56.0. The molecule has 4 aromatic rings. The Hall–Kier alpha value is -3.46. The van der Waals surface area contributed by atoms with E-state index < -0.39 is 0 Å². The van der Waals surface area contributed by atoms with Gasteiger partial charge in [-0.25, -0.2) is 0 Å². The summed E-state index contributed by atoms with van der Waals surface area (Å²) in [6.45, 7) is 29.3. The van der Waals surface area contributed by atoms with Crippen molar-refractivity contribution >= 4 is 0 Å². The molecule has 2 aliphatic carbocycles. The van der Waals surface area contributed by atoms with Crippen molar-refractivity contribution in [1.29, 1.82) is 0 Å². The molecule has 3 fully saturated rings. The number of hydrogen-bond acceptors (Lipinski definition) is 10. The molecule has 2 aromatic carbocycles. The fourth-order valence-corrected chi connectivity index (χ4v) is 13.0. The molecular formula is C66H108N8O4. The average Bonchev–Trinajstić information content (AvgIpc) is 4.26. The topological polar surface area (TPSA) is 85.5 Å². The normalized spacial score (nSPS) is 27.7. The summed E-state index contributed by atoms with van der Waals surface area (Å²) < 4.78 is 32.8. The molecule has 0 N–H and O–H groups in total. The Bertz CT molecular complexity index is 2080. The number of benzene rings is 2. The van der Waals surface area contributed by atoms with Crippen molar-refractivity contribution in [2.24, 2.45) is 23.7 Å². The van der Waals surface area contributed by atoms with E-state index in [1.54, 1.807) is 0 Å². The summed E-state index contributed by atoms with van der Waals surface area (Å²) >= 11 is 0. The van der Waals surface area contributed by atoms with Gasteiger partial charge in [0.2, 0.25) is 0 Å². The molecule has 0 unspecified atom stereocenters. The van der Waals surface area contributed by atoms with Crippen molar-refractivity contribution in [2.45, 2.75) is 206 Å². The molecule has 12 heteroatoms. The predicted molar refractivity (Wildman–Crippen MR) is 320 cm³/mol. The second-order valence-electron chi connectivity index (χ2n) is 26.6. The molecule has 0 spiro atoms. The molecule has 436 valence electrons. The van der Waals surface area contributed by atoms with Gasteiger partial charge in [0.1, 0.15) is 0 Å². The zero-order valence-electron chi connectivity index (χ0n) is 51.4. The van der Waals surface area contributed by atoms with Crippen molar-refractivity contribution in [3.63, 3.8) is 0 Å². The molecule has 3 aliphatic rings. The Labute approximate surface area is 474 Å². The Kier molecular flexibility index (Phi) is 23.5. The van der Waals surface area contributed by atoms with Crippen LogP contribution < -0.4 is 0 Å². The molecule has 3 heterocycles. The van der Waals surface area contributed by atoms with Crippen molar-refractivity contribution in [1.82, 2.24) is 39.2 Å². The van der Waals surface area contributed by atoms with Gasteiger partial charge in [-0.2, -0.15) is 10.2 Å². The Morgan fingerprint density at radius 1 is 0.449 bits per heavy atom. The third-order valence-corrected chi connectivity index (χ3v) is 17.9. The van der Waals surface area contributed by atoms with Crippen LogP contribution in [0, 0.1) is 23.7 Å². The van der Waals surface area contributed by atoms with Crippen LogP contribution in [0.15, 0.2) is 85.5 Å². The monoisotopic (exact) mass is 1080 g/mol. The highest BCUT2D eigenvalue weighted by molar-refractivity contribution is 5.33. The van der Waals surface area contributed by atoms with Gasteiger partial charge in [-0.3, -0.25) is 29.0 Å². The van der Waals surface area contributed by atoms with Crippen LogP contribution in [0.5, 0.6) is 0 Å². The molecule has 7 rings (SSSR count). The maximum absolute atomic E-state index is 7.26. The maximum Gasteiger partial charge on any atom is 0.0875 e. The molecule has 8 atom stereocenters. The number of ether oxygens (including phenoxy) is 4. The van der Waals surface area contributed by atoms with E-state index in [0.717, 1.165) is 90.4 Å². The summed E-state index contributed by atoms with van der Waals surface area (Å²) in [5.41, 5.74) is 5.27. The maximum atomic E-state index is 7.26. The lowest BCUT2D eigenvalue weighted by atomic mass is 9.71. The van der Waals surface area contributed by atoms with E-state index in [1.807, 2.05) is 24.5 Å². The molecule has 0 bridgehead atoms. The van der Waals surface area contributed by atoms with Crippen LogP contribution in [-0.2, 0) is 42.9 Å². The summed E-state index contributed by atoms with van der Waals surface area (Å²) in [5, 5.41) is 9.42. The number of nitrogens with zero attached hydrogens (tertiary/aromatic N) is 8. The zero-order valence-corrected chi connectivity index (χ0v) is 51.4. The van der Waals surface area contributed by atoms with Crippen molar-refractivity contribution < 1.29 is 18.9 Å². The van der Waals surface area contributed by atoms with Gasteiger partial charge in [0, 0.05) is 75.1 Å². The molecule has 2 saturated carbocycles. The lowest BCUT2D eigenvalue weighted by Crippen LogP contribution is -2.47. The highest BCUT2D eigenvalue weighted by Gasteiger charge is 2.42. The van der Waals surface area contributed by atoms with Gasteiger partial charge in [0.25, 0.3) is 0 Å². The number of hydrogen-bond donors (Lipinski definition) is 0. The van der Waals surface area contributed by atoms with E-state index in [1.165, 1.54) is 35.1 Å². The lowest BCUT2D eigenvalue weighted by molar-refractivity contribution is -0.0536. The van der Waals surface area contributed by atoms with Gasteiger partial charge >= 0.3 is 0 Å². The van der Waals surface area contributed by atoms with E-state index >= 15 is 0 Å². The minimum Gasteiger partial charge on any atom is -0.376 e. The molecule has 1 aliphatic heterocycles. The first-order valence-electron chi connectivity index (χ1n) is 30.8. The fourth-order valence-electron chi connectivity index (χ4n) is 13.0. The molecular weight excluding hydrogens is 969 g/mol. The van der Waals surface area contributed by atoms with E-state index in [-0.39, 0.29) is 59.7 Å². The van der Waals surface area contributed by atoms with Crippen LogP contribution in [-0.4, -0.2) is 169 Å². The van der Waals surface area contributed by atoms with Crippen LogP contribution in [0.1, 0.15) is 156 Å². The van der Waals surface area contributed by atoms with Crippen molar-refractivity contribution in [2.75, 3.05) is 80.8 Å². The SMILES string of the molecule is CC(C)C[C@H]1CO[C@H](C)CN(C)[C@@H](CC(C)C)CO[C@H](Cc2ccc(C3(n4cccn4)CCC3)cc2)CN(C)[C@@H](CC(C)C)CO[C@H](C)CN(C)[C@@H](CC(C)C)CO[C@H](Cc2ccc(C3(n4cccn4)CCC3)cc2)CN1C. The Morgan fingerprint density at radius 2 is 0.756 bits per heavy atom. The van der Waals surface area contributed by atoms with Crippen molar-refractivity contribution in [3.05, 3.63) is 108 Å². The van der Waals surface area contributed by atoms with E-state index in [2.05, 4.69) is 187 Å². The number of likely N-dealkylation sites (N-methyl/N-ethyl adjacent to an activating group) is 4. The molecule has 2 aromatic heterocycles. The standard InChI is InChI=1S/C66H108N8O4/c1-49(2)35-59-45-75-53(9)41-69(11)62(38-52(7)8)48-78-64(40-56-21-25-58(26-22-56)66(29-16-30-66)74-34-18-32-68-74)44-72(14)60(36-50(3)4)46-76-54(10)42-70(12)61(37-51(5)6)47-77-63(43-71(59)13)39-55-19-23-57(24-20-55)65(27-15-28-65)73-33-17-31-67-73/h17-26,31-34,49-54,59-64H,15-16,27-30,35-48H2,1-14H3/t53-,54-,59+,60+,61+,62+,63-,64-/m1/s1. The van der Waals surface area contributed by atoms with E-state index in [0.29, 0.717) is 50.1 Å². The third kappa shape index (κ3) is 17.3. The summed E-state index contributed by atoms with van der Waals surface area (Å²) in [5.74, 6) is 2.11. The summed E-state index contributed by atoms with van der Waals surface area (Å²) in [6.07, 6.45) is 21.1. The van der Waals surface area contributed by atoms with Crippen LogP contribution in [0.2, 0.25) is 0 Å². The summed E-state index contributed by atoms with van der Waals surface area (Å²) in [4.78, 5) is 10.1. The van der Waals surface area contributed by atoms with Gasteiger partial charge in [0.15, 0.2) is 0 Å². The largest absolute Gasteiger partial charge is 0.376 e. The first-order valence-corrected chi connectivity index (χ1v) is 30.8. The quantitative estimate of drug-likeness (QED) is 0.108. The fraction of sp³-hybridized carbons (Fsp3) is 0.727. The second-order valence-corrected chi connectivity index (χ2v) is 26.6. The number of aromatic nitrogens is 4. The van der Waals surface area contributed by atoms with Crippen LogP contribution >= 0.6 is 0 Å². The van der Waals surface area contributed by atoms with Gasteiger partial charge in [-0.15, -0.1) is 0 Å². The highest BCUT2D eigenvalue weighted by atomic mass is 16.5. The predicted octanol–water partition coefficient (Wildman–Crippen LogP) is 11.7. The van der Waals surface area contributed by atoms with Crippen molar-refractivity contribution in [3.8, 4) is 0 Å². The summed E-state index contributed by atoms with van der Waals surface area (Å²) in [7, 11) is 9.17. The molecule has 0 radical (unpaired) electrons. The molecule has 78 heavy (non-hydrogen) atoms. The Balaban J connectivity index is 1.13. The third-order valence-electron chi connectivity index (χ3n) is 17.9. The first-order chi connectivity index (χ1) is 37.3. The minimum absolute atomic E-state index is 0.00419. The highest BCUT2D eigenvalue weighted by Crippen LogP contribution is 2.45.